The summed E-state index contributed by atoms with van der Waals surface area (Å²) < 4.78 is 0. The fourth-order valence-corrected chi connectivity index (χ4v) is 3.49. The maximum atomic E-state index is 4.69. The third kappa shape index (κ3) is 1.73. The van der Waals surface area contributed by atoms with Crippen LogP contribution in [0.2, 0.25) is 0 Å². The molecule has 0 spiro atoms. The highest BCUT2D eigenvalue weighted by atomic mass is 32.1. The van der Waals surface area contributed by atoms with E-state index in [9.17, 15) is 0 Å². The van der Waals surface area contributed by atoms with Crippen LogP contribution in [-0.2, 0) is 0 Å². The standard InChI is InChI=1S/C13H16N2S/c1-9-14-12(10-5-3-2-4-6-10)11-7-8-16-13(11)15-9/h7-8,10H,2-6H2,1H3. The molecule has 0 aromatic carbocycles. The highest BCUT2D eigenvalue weighted by Crippen LogP contribution is 2.35. The number of rotatable bonds is 1. The van der Waals surface area contributed by atoms with Crippen LogP contribution in [0, 0.1) is 6.92 Å². The quantitative estimate of drug-likeness (QED) is 0.741. The van der Waals surface area contributed by atoms with Crippen LogP contribution in [0.3, 0.4) is 0 Å². The fraction of sp³-hybridized carbons (Fsp3) is 0.538. The molecule has 0 N–H and O–H groups in total. The van der Waals surface area contributed by atoms with E-state index in [1.807, 2.05) is 6.92 Å². The first-order valence-electron chi connectivity index (χ1n) is 6.06. The van der Waals surface area contributed by atoms with Crippen molar-refractivity contribution in [3.8, 4) is 0 Å². The molecule has 3 rings (SSSR count). The molecule has 1 saturated carbocycles. The highest BCUT2D eigenvalue weighted by Gasteiger charge is 2.20. The molecule has 0 saturated heterocycles. The van der Waals surface area contributed by atoms with Gasteiger partial charge in [0.1, 0.15) is 10.7 Å². The number of hydrogen-bond donors (Lipinski definition) is 0. The van der Waals surface area contributed by atoms with E-state index in [4.69, 9.17) is 4.98 Å². The van der Waals surface area contributed by atoms with E-state index in [2.05, 4.69) is 16.4 Å². The molecule has 1 aliphatic rings. The number of aryl methyl sites for hydroxylation is 1. The van der Waals surface area contributed by atoms with E-state index in [1.54, 1.807) is 11.3 Å². The van der Waals surface area contributed by atoms with E-state index < -0.39 is 0 Å². The average Bonchev–Trinajstić information content (AvgIpc) is 2.77. The van der Waals surface area contributed by atoms with E-state index in [-0.39, 0.29) is 0 Å². The summed E-state index contributed by atoms with van der Waals surface area (Å²) in [6.07, 6.45) is 6.73. The minimum atomic E-state index is 0.674. The Hall–Kier alpha value is -0.960. The van der Waals surface area contributed by atoms with Gasteiger partial charge in [-0.15, -0.1) is 11.3 Å². The number of nitrogens with zero attached hydrogens (tertiary/aromatic N) is 2. The van der Waals surface area contributed by atoms with E-state index >= 15 is 0 Å². The van der Waals surface area contributed by atoms with Gasteiger partial charge in [-0.1, -0.05) is 19.3 Å². The topological polar surface area (TPSA) is 25.8 Å². The summed E-state index contributed by atoms with van der Waals surface area (Å²) in [5.41, 5.74) is 1.31. The summed E-state index contributed by atoms with van der Waals surface area (Å²) in [5.74, 6) is 1.60. The van der Waals surface area contributed by atoms with Crippen molar-refractivity contribution in [3.63, 3.8) is 0 Å². The van der Waals surface area contributed by atoms with Crippen LogP contribution in [0.25, 0.3) is 10.2 Å². The second-order valence-corrected chi connectivity index (χ2v) is 5.52. The zero-order valence-electron chi connectivity index (χ0n) is 9.57. The zero-order chi connectivity index (χ0) is 11.0. The normalized spacial score (nSPS) is 18.1. The van der Waals surface area contributed by atoms with Crippen molar-refractivity contribution in [1.82, 2.24) is 9.97 Å². The largest absolute Gasteiger partial charge is 0.237 e. The van der Waals surface area contributed by atoms with Gasteiger partial charge in [-0.2, -0.15) is 0 Å². The van der Waals surface area contributed by atoms with E-state index in [1.165, 1.54) is 43.2 Å². The molecule has 2 aromatic heterocycles. The smallest absolute Gasteiger partial charge is 0.127 e. The van der Waals surface area contributed by atoms with Crippen LogP contribution in [0.15, 0.2) is 11.4 Å². The van der Waals surface area contributed by atoms with Gasteiger partial charge in [0.2, 0.25) is 0 Å². The second kappa shape index (κ2) is 4.13. The van der Waals surface area contributed by atoms with Crippen molar-refractivity contribution in [2.75, 3.05) is 0 Å². The van der Waals surface area contributed by atoms with E-state index in [0.29, 0.717) is 5.92 Å². The molecule has 2 aromatic rings. The molecule has 1 aliphatic carbocycles. The average molecular weight is 232 g/mol. The Bertz CT molecular complexity index is 498. The van der Waals surface area contributed by atoms with Gasteiger partial charge >= 0.3 is 0 Å². The Morgan fingerprint density at radius 3 is 2.81 bits per heavy atom. The predicted octanol–water partition coefficient (Wildman–Crippen LogP) is 4.05. The SMILES string of the molecule is Cc1nc(C2CCCCC2)c2ccsc2n1. The number of aromatic nitrogens is 2. The van der Waals surface area contributed by atoms with Crippen LogP contribution in [-0.4, -0.2) is 9.97 Å². The molecular weight excluding hydrogens is 216 g/mol. The molecule has 2 nitrogen and oxygen atoms in total. The molecule has 1 fully saturated rings. The first kappa shape index (κ1) is 10.2. The minimum Gasteiger partial charge on any atom is -0.237 e. The second-order valence-electron chi connectivity index (χ2n) is 4.63. The summed E-state index contributed by atoms with van der Waals surface area (Å²) in [5, 5.41) is 3.42. The lowest BCUT2D eigenvalue weighted by atomic mass is 9.86. The van der Waals surface area contributed by atoms with E-state index in [0.717, 1.165) is 10.7 Å². The summed E-state index contributed by atoms with van der Waals surface area (Å²) in [7, 11) is 0. The number of hydrogen-bond acceptors (Lipinski definition) is 3. The van der Waals surface area contributed by atoms with Crippen LogP contribution in [0.5, 0.6) is 0 Å². The third-order valence-corrected chi connectivity index (χ3v) is 4.26. The van der Waals surface area contributed by atoms with Crippen LogP contribution >= 0.6 is 11.3 Å². The first-order valence-corrected chi connectivity index (χ1v) is 6.94. The Balaban J connectivity index is 2.09. The Kier molecular flexibility index (Phi) is 2.64. The van der Waals surface area contributed by atoms with Gasteiger partial charge in [0.25, 0.3) is 0 Å². The van der Waals surface area contributed by atoms with Crippen molar-refractivity contribution in [3.05, 3.63) is 23.0 Å². The predicted molar refractivity (Wildman–Crippen MR) is 68.0 cm³/mol. The Labute approximate surface area is 99.7 Å². The van der Waals surface area contributed by atoms with Crippen LogP contribution < -0.4 is 0 Å². The van der Waals surface area contributed by atoms with Gasteiger partial charge < -0.3 is 0 Å². The maximum absolute atomic E-state index is 4.69. The van der Waals surface area contributed by atoms with Crippen molar-refractivity contribution >= 4 is 21.6 Å². The summed E-state index contributed by atoms with van der Waals surface area (Å²) >= 11 is 1.73. The highest BCUT2D eigenvalue weighted by molar-refractivity contribution is 7.16. The van der Waals surface area contributed by atoms with Crippen molar-refractivity contribution < 1.29 is 0 Å². The monoisotopic (exact) mass is 232 g/mol. The molecule has 2 heterocycles. The lowest BCUT2D eigenvalue weighted by Gasteiger charge is -2.21. The van der Waals surface area contributed by atoms with Crippen molar-refractivity contribution in [2.24, 2.45) is 0 Å². The number of thiophene rings is 1. The molecule has 0 unspecified atom stereocenters. The molecule has 16 heavy (non-hydrogen) atoms. The van der Waals surface area contributed by atoms with Crippen LogP contribution in [0.4, 0.5) is 0 Å². The third-order valence-electron chi connectivity index (χ3n) is 3.46. The molecule has 0 bridgehead atoms. The zero-order valence-corrected chi connectivity index (χ0v) is 10.4. The summed E-state index contributed by atoms with van der Waals surface area (Å²) in [4.78, 5) is 10.4. The molecular formula is C13H16N2S. The number of fused-ring (bicyclic) bond motifs is 1. The van der Waals surface area contributed by atoms with Gasteiger partial charge in [0, 0.05) is 11.3 Å². The van der Waals surface area contributed by atoms with Crippen LogP contribution in [0.1, 0.15) is 49.5 Å². The molecule has 84 valence electrons. The lowest BCUT2D eigenvalue weighted by Crippen LogP contribution is -2.08. The van der Waals surface area contributed by atoms with Crippen molar-refractivity contribution in [1.29, 1.82) is 0 Å². The van der Waals surface area contributed by atoms with Gasteiger partial charge in [0.15, 0.2) is 0 Å². The molecule has 0 aliphatic heterocycles. The Morgan fingerprint density at radius 1 is 1.19 bits per heavy atom. The minimum absolute atomic E-state index is 0.674. The molecule has 0 amide bonds. The van der Waals surface area contributed by atoms with Gasteiger partial charge in [-0.25, -0.2) is 9.97 Å². The Morgan fingerprint density at radius 2 is 2.00 bits per heavy atom. The lowest BCUT2D eigenvalue weighted by molar-refractivity contribution is 0.438. The fourth-order valence-electron chi connectivity index (χ4n) is 2.68. The summed E-state index contributed by atoms with van der Waals surface area (Å²) in [6.45, 7) is 2.01. The van der Waals surface area contributed by atoms with Gasteiger partial charge in [-0.05, 0) is 31.2 Å². The molecule has 0 atom stereocenters. The van der Waals surface area contributed by atoms with Gasteiger partial charge in [-0.3, -0.25) is 0 Å². The molecule has 0 radical (unpaired) electrons. The maximum Gasteiger partial charge on any atom is 0.127 e. The van der Waals surface area contributed by atoms with Crippen molar-refractivity contribution in [2.45, 2.75) is 44.9 Å². The summed E-state index contributed by atoms with van der Waals surface area (Å²) in [6, 6.07) is 2.18. The first-order chi connectivity index (χ1) is 7.84. The van der Waals surface area contributed by atoms with Gasteiger partial charge in [0.05, 0.1) is 5.69 Å². The molecule has 3 heteroatoms.